The van der Waals surface area contributed by atoms with Crippen molar-refractivity contribution in [1.29, 1.82) is 0 Å². The van der Waals surface area contributed by atoms with Crippen LogP contribution in [0.3, 0.4) is 0 Å². The molecule has 0 saturated heterocycles. The summed E-state index contributed by atoms with van der Waals surface area (Å²) in [4.78, 5) is 0. The van der Waals surface area contributed by atoms with E-state index in [4.69, 9.17) is 4.74 Å². The first kappa shape index (κ1) is 14.5. The number of methoxy groups -OCH3 is 1. The Kier molecular flexibility index (Phi) is 5.41. The lowest BCUT2D eigenvalue weighted by atomic mass is 10.00. The van der Waals surface area contributed by atoms with E-state index in [-0.39, 0.29) is 0 Å². The standard InChI is InChI=1S/C17H27NO/c1-3-16(13-15-7-5-4-6-8-15)18-14-17(9-10-17)11-12-19-2/h4-8,16,18H,3,9-14H2,1-2H3. The normalized spacial score (nSPS) is 18.2. The molecule has 2 rings (SSSR count). The summed E-state index contributed by atoms with van der Waals surface area (Å²) in [6.45, 7) is 4.33. The minimum Gasteiger partial charge on any atom is -0.385 e. The molecule has 0 bridgehead atoms. The third-order valence-corrected chi connectivity index (χ3v) is 4.38. The Balaban J connectivity index is 1.77. The van der Waals surface area contributed by atoms with Crippen LogP contribution in [0.5, 0.6) is 0 Å². The van der Waals surface area contributed by atoms with Crippen LogP contribution >= 0.6 is 0 Å². The van der Waals surface area contributed by atoms with Gasteiger partial charge in [0.25, 0.3) is 0 Å². The van der Waals surface area contributed by atoms with Gasteiger partial charge in [-0.2, -0.15) is 0 Å². The van der Waals surface area contributed by atoms with Crippen LogP contribution in [0.15, 0.2) is 30.3 Å². The highest BCUT2D eigenvalue weighted by Gasteiger charge is 2.41. The molecule has 0 aromatic heterocycles. The summed E-state index contributed by atoms with van der Waals surface area (Å²) in [6, 6.07) is 11.4. The third-order valence-electron chi connectivity index (χ3n) is 4.38. The van der Waals surface area contributed by atoms with Gasteiger partial charge >= 0.3 is 0 Å². The smallest absolute Gasteiger partial charge is 0.0468 e. The molecule has 1 fully saturated rings. The molecule has 19 heavy (non-hydrogen) atoms. The van der Waals surface area contributed by atoms with Gasteiger partial charge in [-0.1, -0.05) is 37.3 Å². The lowest BCUT2D eigenvalue weighted by Crippen LogP contribution is -2.35. The summed E-state index contributed by atoms with van der Waals surface area (Å²) in [7, 11) is 1.80. The summed E-state index contributed by atoms with van der Waals surface area (Å²) < 4.78 is 5.22. The summed E-state index contributed by atoms with van der Waals surface area (Å²) in [5.41, 5.74) is 1.98. The van der Waals surface area contributed by atoms with Crippen LogP contribution in [0.1, 0.15) is 38.2 Å². The van der Waals surface area contributed by atoms with Crippen molar-refractivity contribution >= 4 is 0 Å². The van der Waals surface area contributed by atoms with Crippen molar-refractivity contribution in [1.82, 2.24) is 5.32 Å². The van der Waals surface area contributed by atoms with Gasteiger partial charge < -0.3 is 10.1 Å². The van der Waals surface area contributed by atoms with E-state index in [0.717, 1.165) is 19.6 Å². The molecule has 1 aromatic carbocycles. The minimum absolute atomic E-state index is 0.542. The molecule has 0 spiro atoms. The molecule has 1 aliphatic rings. The van der Waals surface area contributed by atoms with E-state index >= 15 is 0 Å². The van der Waals surface area contributed by atoms with Crippen molar-refractivity contribution < 1.29 is 4.74 Å². The van der Waals surface area contributed by atoms with Crippen molar-refractivity contribution in [3.63, 3.8) is 0 Å². The quantitative estimate of drug-likeness (QED) is 0.735. The predicted octanol–water partition coefficient (Wildman–Crippen LogP) is 3.41. The van der Waals surface area contributed by atoms with E-state index in [1.807, 2.05) is 0 Å². The van der Waals surface area contributed by atoms with E-state index < -0.39 is 0 Å². The molecular formula is C17H27NO. The Morgan fingerprint density at radius 3 is 2.58 bits per heavy atom. The fourth-order valence-electron chi connectivity index (χ4n) is 2.63. The van der Waals surface area contributed by atoms with Crippen molar-refractivity contribution in [2.24, 2.45) is 5.41 Å². The molecule has 1 aromatic rings. The molecule has 1 atom stereocenters. The average molecular weight is 261 g/mol. The van der Waals surface area contributed by atoms with Gasteiger partial charge in [-0.25, -0.2) is 0 Å². The number of ether oxygens (including phenoxy) is 1. The van der Waals surface area contributed by atoms with Crippen molar-refractivity contribution in [2.75, 3.05) is 20.3 Å². The maximum Gasteiger partial charge on any atom is 0.0468 e. The highest BCUT2D eigenvalue weighted by Crippen LogP contribution is 2.48. The van der Waals surface area contributed by atoms with Gasteiger partial charge in [-0.3, -0.25) is 0 Å². The van der Waals surface area contributed by atoms with Gasteiger partial charge in [0.05, 0.1) is 0 Å². The van der Waals surface area contributed by atoms with E-state index in [0.29, 0.717) is 11.5 Å². The van der Waals surface area contributed by atoms with Gasteiger partial charge in [0, 0.05) is 26.3 Å². The maximum atomic E-state index is 5.22. The third kappa shape index (κ3) is 4.63. The van der Waals surface area contributed by atoms with Gasteiger partial charge in [-0.15, -0.1) is 0 Å². The maximum absolute atomic E-state index is 5.22. The lowest BCUT2D eigenvalue weighted by Gasteiger charge is -2.22. The van der Waals surface area contributed by atoms with Gasteiger partial charge in [0.2, 0.25) is 0 Å². The molecule has 0 heterocycles. The van der Waals surface area contributed by atoms with Crippen LogP contribution in [0.4, 0.5) is 0 Å². The zero-order valence-electron chi connectivity index (χ0n) is 12.3. The van der Waals surface area contributed by atoms with Gasteiger partial charge in [0.1, 0.15) is 0 Å². The Hall–Kier alpha value is -0.860. The van der Waals surface area contributed by atoms with Gasteiger partial charge in [0.15, 0.2) is 0 Å². The highest BCUT2D eigenvalue weighted by atomic mass is 16.5. The monoisotopic (exact) mass is 261 g/mol. The molecule has 1 N–H and O–H groups in total. The summed E-state index contributed by atoms with van der Waals surface area (Å²) in [5.74, 6) is 0. The minimum atomic E-state index is 0.542. The van der Waals surface area contributed by atoms with Crippen LogP contribution < -0.4 is 5.32 Å². The van der Waals surface area contributed by atoms with Crippen molar-refractivity contribution in [3.05, 3.63) is 35.9 Å². The second kappa shape index (κ2) is 7.06. The number of rotatable bonds is 9. The first-order valence-electron chi connectivity index (χ1n) is 7.54. The van der Waals surface area contributed by atoms with Crippen LogP contribution in [-0.2, 0) is 11.2 Å². The number of hydrogen-bond donors (Lipinski definition) is 1. The van der Waals surface area contributed by atoms with Crippen molar-refractivity contribution in [2.45, 2.75) is 45.1 Å². The predicted molar refractivity (Wildman–Crippen MR) is 80.4 cm³/mol. The molecular weight excluding hydrogens is 234 g/mol. The van der Waals surface area contributed by atoms with Gasteiger partial charge in [-0.05, 0) is 43.1 Å². The largest absolute Gasteiger partial charge is 0.385 e. The Labute approximate surface area is 117 Å². The molecule has 0 amide bonds. The van der Waals surface area contributed by atoms with Crippen LogP contribution in [0.2, 0.25) is 0 Å². The molecule has 1 unspecified atom stereocenters. The van der Waals surface area contributed by atoms with E-state index in [1.165, 1.54) is 31.2 Å². The summed E-state index contributed by atoms with van der Waals surface area (Å²) >= 11 is 0. The van der Waals surface area contributed by atoms with Crippen LogP contribution in [-0.4, -0.2) is 26.3 Å². The topological polar surface area (TPSA) is 21.3 Å². The lowest BCUT2D eigenvalue weighted by molar-refractivity contribution is 0.170. The Morgan fingerprint density at radius 1 is 1.26 bits per heavy atom. The second-order valence-corrected chi connectivity index (χ2v) is 5.92. The molecule has 2 nitrogen and oxygen atoms in total. The Bertz CT molecular complexity index is 359. The van der Waals surface area contributed by atoms with E-state index in [1.54, 1.807) is 7.11 Å². The van der Waals surface area contributed by atoms with Crippen LogP contribution in [0.25, 0.3) is 0 Å². The highest BCUT2D eigenvalue weighted by molar-refractivity contribution is 5.15. The van der Waals surface area contributed by atoms with E-state index in [9.17, 15) is 0 Å². The zero-order valence-corrected chi connectivity index (χ0v) is 12.3. The average Bonchev–Trinajstić information content (AvgIpc) is 3.23. The summed E-state index contributed by atoms with van der Waals surface area (Å²) in [5, 5.41) is 3.77. The first-order chi connectivity index (χ1) is 9.28. The number of nitrogens with one attached hydrogen (secondary N) is 1. The fraction of sp³-hybridized carbons (Fsp3) is 0.647. The molecule has 1 aliphatic carbocycles. The molecule has 1 saturated carbocycles. The zero-order chi connectivity index (χ0) is 13.6. The molecule has 2 heteroatoms. The second-order valence-electron chi connectivity index (χ2n) is 5.92. The Morgan fingerprint density at radius 2 is 2.00 bits per heavy atom. The molecule has 106 valence electrons. The van der Waals surface area contributed by atoms with Crippen LogP contribution in [0, 0.1) is 5.41 Å². The SMILES string of the molecule is CCC(Cc1ccccc1)NCC1(CCOC)CC1. The van der Waals surface area contributed by atoms with Crippen molar-refractivity contribution in [3.8, 4) is 0 Å². The summed E-state index contributed by atoms with van der Waals surface area (Å²) in [6.07, 6.45) is 6.27. The molecule has 0 radical (unpaired) electrons. The first-order valence-corrected chi connectivity index (χ1v) is 7.54. The fourth-order valence-corrected chi connectivity index (χ4v) is 2.63. The molecule has 0 aliphatic heterocycles. The van der Waals surface area contributed by atoms with E-state index in [2.05, 4.69) is 42.6 Å². The number of hydrogen-bond acceptors (Lipinski definition) is 2. The number of benzene rings is 1.